The van der Waals surface area contributed by atoms with Crippen LogP contribution in [0, 0.1) is 0 Å². The van der Waals surface area contributed by atoms with Gasteiger partial charge in [-0.3, -0.25) is 5.43 Å². The highest BCUT2D eigenvalue weighted by molar-refractivity contribution is 7.80. The molecule has 0 aliphatic carbocycles. The van der Waals surface area contributed by atoms with Crippen molar-refractivity contribution in [2.75, 3.05) is 7.11 Å². The fourth-order valence-electron chi connectivity index (χ4n) is 1.70. The Labute approximate surface area is 138 Å². The van der Waals surface area contributed by atoms with Crippen LogP contribution in [0.4, 0.5) is 11.4 Å². The Hall–Kier alpha value is -3.00. The summed E-state index contributed by atoms with van der Waals surface area (Å²) in [6.45, 7) is 0. The number of nitrogens with two attached hydrogens (primary N) is 1. The summed E-state index contributed by atoms with van der Waals surface area (Å²) in [6.07, 6.45) is 1.36. The van der Waals surface area contributed by atoms with E-state index in [1.165, 1.54) is 13.3 Å². The lowest BCUT2D eigenvalue weighted by Crippen LogP contribution is -2.23. The predicted octanol–water partition coefficient (Wildman–Crippen LogP) is 2.98. The summed E-state index contributed by atoms with van der Waals surface area (Å²) in [5, 5.41) is 22.2. The summed E-state index contributed by atoms with van der Waals surface area (Å²) in [5.41, 5.74) is 9.28. The maximum absolute atomic E-state index is 10.1. The van der Waals surface area contributed by atoms with Crippen LogP contribution in [0.3, 0.4) is 0 Å². The lowest BCUT2D eigenvalue weighted by atomic mass is 10.2. The molecule has 2 aromatic rings. The number of benzene rings is 2. The topological polar surface area (TPSA) is 105 Å². The molecule has 0 atom stereocenters. The lowest BCUT2D eigenvalue weighted by molar-refractivity contribution is 0.373. The zero-order valence-corrected chi connectivity index (χ0v) is 13.1. The molecular formula is C15H15N5O2S. The molecule has 0 spiro atoms. The van der Waals surface area contributed by atoms with Gasteiger partial charge < -0.3 is 15.6 Å². The van der Waals surface area contributed by atoms with Gasteiger partial charge in [0, 0.05) is 11.6 Å². The molecule has 2 rings (SSSR count). The summed E-state index contributed by atoms with van der Waals surface area (Å²) in [5.74, 6) is 0.186. The van der Waals surface area contributed by atoms with E-state index in [9.17, 15) is 5.11 Å². The third kappa shape index (κ3) is 4.75. The number of ether oxygens (including phenoxy) is 1. The van der Waals surface area contributed by atoms with Crippen LogP contribution in [0.25, 0.3) is 0 Å². The van der Waals surface area contributed by atoms with Crippen LogP contribution in [0.2, 0.25) is 0 Å². The normalized spacial score (nSPS) is 11.0. The number of phenolic OH excluding ortho intramolecular Hbond substituents is 1. The number of azo groups is 1. The summed E-state index contributed by atoms with van der Waals surface area (Å²) in [4.78, 5) is 0. The zero-order valence-electron chi connectivity index (χ0n) is 12.3. The smallest absolute Gasteiger partial charge is 0.184 e. The molecule has 0 aliphatic heterocycles. The van der Waals surface area contributed by atoms with Crippen molar-refractivity contribution in [3.05, 3.63) is 48.0 Å². The Kier molecular flexibility index (Phi) is 5.59. The van der Waals surface area contributed by atoms with Crippen molar-refractivity contribution in [3.63, 3.8) is 0 Å². The highest BCUT2D eigenvalue weighted by atomic mass is 32.1. The SMILES string of the molecule is COc1cc(N=Nc2ccccc2)cc(/C=N/NC(N)=S)c1O. The minimum atomic E-state index is -0.0698. The number of hydrogen-bond donors (Lipinski definition) is 3. The van der Waals surface area contributed by atoms with E-state index in [0.717, 1.165) is 0 Å². The number of thiocarbonyl (C=S) groups is 1. The average molecular weight is 329 g/mol. The minimum absolute atomic E-state index is 0.0209. The van der Waals surface area contributed by atoms with E-state index in [1.54, 1.807) is 12.1 Å². The maximum Gasteiger partial charge on any atom is 0.184 e. The molecule has 8 heteroatoms. The second-order valence-electron chi connectivity index (χ2n) is 4.36. The second kappa shape index (κ2) is 7.85. The molecule has 0 aromatic heterocycles. The number of hydrazone groups is 1. The van der Waals surface area contributed by atoms with Crippen molar-refractivity contribution < 1.29 is 9.84 Å². The van der Waals surface area contributed by atoms with Crippen LogP contribution in [0.5, 0.6) is 11.5 Å². The molecule has 23 heavy (non-hydrogen) atoms. The fraction of sp³-hybridized carbons (Fsp3) is 0.0667. The number of hydrogen-bond acceptors (Lipinski definition) is 6. The first-order valence-electron chi connectivity index (χ1n) is 6.56. The summed E-state index contributed by atoms with van der Waals surface area (Å²) in [6, 6.07) is 12.5. The number of nitrogens with zero attached hydrogens (tertiary/aromatic N) is 3. The zero-order chi connectivity index (χ0) is 16.7. The van der Waals surface area contributed by atoms with Crippen molar-refractivity contribution in [1.82, 2.24) is 5.43 Å². The van der Waals surface area contributed by atoms with Crippen molar-refractivity contribution in [2.24, 2.45) is 21.1 Å². The molecule has 2 aromatic carbocycles. The van der Waals surface area contributed by atoms with E-state index in [-0.39, 0.29) is 16.6 Å². The number of methoxy groups -OCH3 is 1. The van der Waals surface area contributed by atoms with Gasteiger partial charge in [-0.05, 0) is 30.4 Å². The van der Waals surface area contributed by atoms with Gasteiger partial charge in [-0.25, -0.2) is 0 Å². The summed E-state index contributed by atoms with van der Waals surface area (Å²) >= 11 is 4.65. The highest BCUT2D eigenvalue weighted by Crippen LogP contribution is 2.34. The van der Waals surface area contributed by atoms with Crippen LogP contribution >= 0.6 is 12.2 Å². The number of rotatable bonds is 5. The van der Waals surface area contributed by atoms with E-state index in [4.69, 9.17) is 10.5 Å². The quantitative estimate of drug-likeness (QED) is 0.338. The van der Waals surface area contributed by atoms with E-state index >= 15 is 0 Å². The molecule has 0 unspecified atom stereocenters. The van der Waals surface area contributed by atoms with Gasteiger partial charge in [-0.2, -0.15) is 15.3 Å². The first-order chi connectivity index (χ1) is 11.1. The molecule has 0 aliphatic rings. The van der Waals surface area contributed by atoms with Gasteiger partial charge in [0.25, 0.3) is 0 Å². The van der Waals surface area contributed by atoms with Gasteiger partial charge in [-0.1, -0.05) is 18.2 Å². The third-order valence-corrected chi connectivity index (χ3v) is 2.82. The molecule has 118 valence electrons. The van der Waals surface area contributed by atoms with Crippen molar-refractivity contribution in [1.29, 1.82) is 0 Å². The van der Waals surface area contributed by atoms with Gasteiger partial charge in [-0.15, -0.1) is 0 Å². The van der Waals surface area contributed by atoms with Crippen molar-refractivity contribution in [3.8, 4) is 11.5 Å². The van der Waals surface area contributed by atoms with E-state index < -0.39 is 0 Å². The Morgan fingerprint density at radius 2 is 1.91 bits per heavy atom. The largest absolute Gasteiger partial charge is 0.504 e. The third-order valence-electron chi connectivity index (χ3n) is 2.72. The first kappa shape index (κ1) is 16.4. The molecule has 0 heterocycles. The van der Waals surface area contributed by atoms with Crippen LogP contribution in [-0.2, 0) is 0 Å². The molecule has 0 radical (unpaired) electrons. The van der Waals surface area contributed by atoms with Crippen molar-refractivity contribution in [2.45, 2.75) is 0 Å². The maximum atomic E-state index is 10.1. The fourth-order valence-corrected chi connectivity index (χ4v) is 1.75. The van der Waals surface area contributed by atoms with Crippen LogP contribution in [0.15, 0.2) is 57.8 Å². The summed E-state index contributed by atoms with van der Waals surface area (Å²) < 4.78 is 5.12. The molecule has 4 N–H and O–H groups in total. The first-order valence-corrected chi connectivity index (χ1v) is 6.97. The Bertz CT molecular complexity index is 747. The van der Waals surface area contributed by atoms with Crippen LogP contribution in [-0.4, -0.2) is 23.5 Å². The van der Waals surface area contributed by atoms with Gasteiger partial charge in [0.15, 0.2) is 16.6 Å². The number of nitrogens with one attached hydrogen (secondary N) is 1. The van der Waals surface area contributed by atoms with Gasteiger partial charge in [0.1, 0.15) is 0 Å². The van der Waals surface area contributed by atoms with E-state index in [0.29, 0.717) is 16.9 Å². The number of aromatic hydroxyl groups is 1. The highest BCUT2D eigenvalue weighted by Gasteiger charge is 2.09. The standard InChI is InChI=1S/C15H15N5O2S/c1-22-13-8-12(19-18-11-5-3-2-4-6-11)7-10(14(13)21)9-17-20-15(16)23/h2-9,21H,1H3,(H3,16,20,23)/b17-9+,19-18?. The van der Waals surface area contributed by atoms with Crippen LogP contribution in [0.1, 0.15) is 5.56 Å². The molecule has 7 nitrogen and oxygen atoms in total. The van der Waals surface area contributed by atoms with Crippen LogP contribution < -0.4 is 15.9 Å². The van der Waals surface area contributed by atoms with Gasteiger partial charge in [0.2, 0.25) is 0 Å². The Morgan fingerprint density at radius 3 is 2.57 bits per heavy atom. The Balaban J connectivity index is 2.31. The monoisotopic (exact) mass is 329 g/mol. The van der Waals surface area contributed by atoms with Gasteiger partial charge in [0.05, 0.1) is 24.7 Å². The van der Waals surface area contributed by atoms with E-state index in [2.05, 4.69) is 33.0 Å². The van der Waals surface area contributed by atoms with Gasteiger partial charge >= 0.3 is 0 Å². The van der Waals surface area contributed by atoms with E-state index in [1.807, 2.05) is 30.3 Å². The van der Waals surface area contributed by atoms with Crippen molar-refractivity contribution >= 4 is 34.9 Å². The molecule has 0 bridgehead atoms. The lowest BCUT2D eigenvalue weighted by Gasteiger charge is -2.07. The molecule has 0 amide bonds. The molecule has 0 saturated carbocycles. The summed E-state index contributed by atoms with van der Waals surface area (Å²) in [7, 11) is 1.45. The minimum Gasteiger partial charge on any atom is -0.504 e. The Morgan fingerprint density at radius 1 is 1.22 bits per heavy atom. The second-order valence-corrected chi connectivity index (χ2v) is 4.80. The molecule has 0 fully saturated rings. The molecular weight excluding hydrogens is 314 g/mol. The molecule has 0 saturated heterocycles. The predicted molar refractivity (Wildman–Crippen MR) is 92.8 cm³/mol. The number of phenols is 1. The average Bonchev–Trinajstić information content (AvgIpc) is 2.55.